The van der Waals surface area contributed by atoms with Gasteiger partial charge in [0.2, 0.25) is 0 Å². The third-order valence-corrected chi connectivity index (χ3v) is 4.34. The second-order valence-electron chi connectivity index (χ2n) is 6.12. The Hall–Kier alpha value is -1.22. The first kappa shape index (κ1) is 23.4. The molecule has 0 aliphatic heterocycles. The zero-order valence-electron chi connectivity index (χ0n) is 15.4. The summed E-state index contributed by atoms with van der Waals surface area (Å²) in [6.45, 7) is 0. The monoisotopic (exact) mass is 539 g/mol. The molecule has 0 aliphatic rings. The molecule has 0 radical (unpaired) electrons. The Morgan fingerprint density at radius 2 is 0.900 bits per heavy atom. The predicted molar refractivity (Wildman–Crippen MR) is 128 cm³/mol. The van der Waals surface area contributed by atoms with E-state index in [9.17, 15) is 0 Å². The summed E-state index contributed by atoms with van der Waals surface area (Å²) >= 11 is 6.02. The van der Waals surface area contributed by atoms with Gasteiger partial charge in [-0.2, -0.15) is 0 Å². The van der Waals surface area contributed by atoms with Crippen LogP contribution < -0.4 is 0 Å². The van der Waals surface area contributed by atoms with Crippen LogP contribution in [-0.4, -0.2) is 0 Å². The molecule has 4 aromatic rings. The van der Waals surface area contributed by atoms with Crippen molar-refractivity contribution in [2.75, 3.05) is 0 Å². The number of benzene rings is 3. The van der Waals surface area contributed by atoms with E-state index in [1.165, 1.54) is 0 Å². The molecule has 3 aromatic carbocycles. The van der Waals surface area contributed by atoms with E-state index in [-0.39, 0.29) is 0 Å². The third kappa shape index (κ3) is 7.48. The van der Waals surface area contributed by atoms with E-state index in [4.69, 9.17) is 56.4 Å². The molecule has 0 fully saturated rings. The van der Waals surface area contributed by atoms with Crippen molar-refractivity contribution >= 4 is 52.0 Å². The molecule has 157 valence electrons. The Balaban J connectivity index is 0.000000461. The Morgan fingerprint density at radius 3 is 1.37 bits per heavy atom. The summed E-state index contributed by atoms with van der Waals surface area (Å²) in [5.74, 6) is 1.66. The van der Waals surface area contributed by atoms with Crippen molar-refractivity contribution in [1.82, 2.24) is 0 Å². The molecule has 4 rings (SSSR count). The van der Waals surface area contributed by atoms with Crippen LogP contribution in [-0.2, 0) is 9.20 Å². The van der Waals surface area contributed by atoms with Crippen molar-refractivity contribution in [3.63, 3.8) is 0 Å². The summed E-state index contributed by atoms with van der Waals surface area (Å²) in [5.41, 5.74) is 4.33. The summed E-state index contributed by atoms with van der Waals surface area (Å²) in [6.07, 6.45) is 0. The minimum absolute atomic E-state index is 0.714. The van der Waals surface area contributed by atoms with Gasteiger partial charge in [0.25, 0.3) is 0 Å². The molecule has 0 saturated carbocycles. The summed E-state index contributed by atoms with van der Waals surface area (Å²) in [5, 5.41) is 0.714. The van der Waals surface area contributed by atoms with Crippen LogP contribution in [0.2, 0.25) is 5.02 Å². The van der Waals surface area contributed by atoms with E-state index in [0.717, 1.165) is 33.8 Å². The fourth-order valence-corrected chi connectivity index (χ4v) is 2.93. The van der Waals surface area contributed by atoms with E-state index < -0.39 is 9.20 Å². The number of rotatable bonds is 3. The first-order valence-electron chi connectivity index (χ1n) is 8.68. The van der Waals surface area contributed by atoms with Crippen LogP contribution in [0.3, 0.4) is 0 Å². The van der Waals surface area contributed by atoms with Gasteiger partial charge in [-0.05, 0) is 42.0 Å². The zero-order chi connectivity index (χ0) is 21.6. The van der Waals surface area contributed by atoms with Crippen LogP contribution >= 0.6 is 52.0 Å². The molecular formula is C23H16Cl5FeO. The second-order valence-corrected chi connectivity index (χ2v) is 17.5. The molecule has 1 nitrogen and oxygen atoms in total. The third-order valence-electron chi connectivity index (χ3n) is 4.09. The molecule has 30 heavy (non-hydrogen) atoms. The van der Waals surface area contributed by atoms with E-state index >= 15 is 0 Å². The van der Waals surface area contributed by atoms with Crippen LogP contribution in [0.4, 0.5) is 0 Å². The Morgan fingerprint density at radius 1 is 0.500 bits per heavy atom. The van der Waals surface area contributed by atoms with E-state index in [1.54, 1.807) is 0 Å². The SMILES string of the molecule is Clc1ccc(-c2cc(-c3ccccc3)cc(-c3ccccc3)[o+]2)cc1.[Cl][Fe-]([Cl])([Cl])[Cl]. The van der Waals surface area contributed by atoms with Gasteiger partial charge in [0.1, 0.15) is 0 Å². The fraction of sp³-hybridized carbons (Fsp3) is 0. The molecule has 0 unspecified atom stereocenters. The minimum atomic E-state index is -2.61. The Kier molecular flexibility index (Phi) is 8.51. The van der Waals surface area contributed by atoms with Crippen LogP contribution in [0.15, 0.2) is 101 Å². The van der Waals surface area contributed by atoms with Gasteiger partial charge in [0.05, 0.1) is 23.3 Å². The molecule has 0 amide bonds. The summed E-state index contributed by atoms with van der Waals surface area (Å²) in [7, 11) is 17.2. The van der Waals surface area contributed by atoms with Crippen molar-refractivity contribution in [3.05, 3.63) is 102 Å². The van der Waals surface area contributed by atoms with Gasteiger partial charge in [0, 0.05) is 10.6 Å². The van der Waals surface area contributed by atoms with Crippen molar-refractivity contribution in [3.8, 4) is 33.8 Å². The normalized spacial score (nSPS) is 11.4. The zero-order valence-corrected chi connectivity index (χ0v) is 20.3. The van der Waals surface area contributed by atoms with Gasteiger partial charge >= 0.3 is 61.1 Å². The summed E-state index contributed by atoms with van der Waals surface area (Å²) in [6, 6.07) is 32.3. The first-order chi connectivity index (χ1) is 14.3. The first-order valence-corrected chi connectivity index (χ1v) is 15.1. The molecule has 1 heterocycles. The Labute approximate surface area is 200 Å². The van der Waals surface area contributed by atoms with Crippen LogP contribution in [0.5, 0.6) is 0 Å². The molecule has 1 aromatic heterocycles. The molecule has 0 bridgehead atoms. The van der Waals surface area contributed by atoms with Gasteiger partial charge in [-0.1, -0.05) is 60.1 Å². The fourth-order valence-electron chi connectivity index (χ4n) is 2.80. The summed E-state index contributed by atoms with van der Waals surface area (Å²) in [4.78, 5) is 0. The molecule has 7 heteroatoms. The van der Waals surface area contributed by atoms with Gasteiger partial charge in [-0.3, -0.25) is 0 Å². The predicted octanol–water partition coefficient (Wildman–Crippen LogP) is 9.97. The number of hydrogen-bond donors (Lipinski definition) is 0. The maximum absolute atomic E-state index is 6.21. The van der Waals surface area contributed by atoms with E-state index in [2.05, 4.69) is 36.4 Å². The van der Waals surface area contributed by atoms with Crippen molar-refractivity contribution in [2.45, 2.75) is 0 Å². The van der Waals surface area contributed by atoms with Crippen LogP contribution in [0.1, 0.15) is 0 Å². The maximum atomic E-state index is 6.21. The number of hydrogen-bond acceptors (Lipinski definition) is 0. The molecule has 0 N–H and O–H groups in total. The Bertz CT molecular complexity index is 1020. The van der Waals surface area contributed by atoms with Crippen molar-refractivity contribution in [2.24, 2.45) is 0 Å². The van der Waals surface area contributed by atoms with Gasteiger partial charge < -0.3 is 0 Å². The molecular weight excluding hydrogens is 525 g/mol. The second kappa shape index (κ2) is 10.9. The van der Waals surface area contributed by atoms with Gasteiger partial charge in [-0.25, -0.2) is 4.42 Å². The van der Waals surface area contributed by atoms with Gasteiger partial charge in [-0.15, -0.1) is 0 Å². The average Bonchev–Trinajstić information content (AvgIpc) is 2.74. The molecule has 0 aliphatic carbocycles. The molecule has 0 atom stereocenters. The van der Waals surface area contributed by atoms with E-state index in [0.29, 0.717) is 5.02 Å². The number of halogens is 5. The van der Waals surface area contributed by atoms with Crippen molar-refractivity contribution in [1.29, 1.82) is 0 Å². The molecule has 0 saturated heterocycles. The van der Waals surface area contributed by atoms with Crippen molar-refractivity contribution < 1.29 is 13.6 Å². The van der Waals surface area contributed by atoms with Crippen LogP contribution in [0.25, 0.3) is 33.8 Å². The van der Waals surface area contributed by atoms with Crippen LogP contribution in [0, 0.1) is 0 Å². The topological polar surface area (TPSA) is 11.3 Å². The standard InChI is InChI=1S/C23H16ClO.4ClH.Fe/c24-21-13-11-19(12-14-21)23-16-20(17-7-3-1-4-8-17)15-22(25-23)18-9-5-2-6-10-18;;;;;/h1-16H;4*1H;/q+1;;;;;+3/p-4. The average molecular weight is 541 g/mol. The summed E-state index contributed by atoms with van der Waals surface area (Å²) < 4.78 is 6.21. The molecule has 0 spiro atoms. The van der Waals surface area contributed by atoms with Gasteiger partial charge in [0.15, 0.2) is 0 Å². The quantitative estimate of drug-likeness (QED) is 0.186. The van der Waals surface area contributed by atoms with E-state index in [1.807, 2.05) is 60.7 Å².